The van der Waals surface area contributed by atoms with Crippen LogP contribution in [0.1, 0.15) is 29.7 Å². The Bertz CT molecular complexity index is 954. The van der Waals surface area contributed by atoms with Crippen LogP contribution in [0.5, 0.6) is 0 Å². The van der Waals surface area contributed by atoms with Crippen molar-refractivity contribution in [2.24, 2.45) is 0 Å². The summed E-state index contributed by atoms with van der Waals surface area (Å²) in [6, 6.07) is 5.29. The van der Waals surface area contributed by atoms with E-state index in [1.165, 1.54) is 0 Å². The number of hydrogen-bond acceptors (Lipinski definition) is 5. The molecular weight excluding hydrogens is 409 g/mol. The third kappa shape index (κ3) is 4.49. The minimum atomic E-state index is -0.0263. The lowest BCUT2D eigenvalue weighted by Crippen LogP contribution is -2.49. The summed E-state index contributed by atoms with van der Waals surface area (Å²) in [6.07, 6.45) is 7.56. The number of rotatable bonds is 3. The van der Waals surface area contributed by atoms with E-state index in [9.17, 15) is 4.79 Å². The minimum absolute atomic E-state index is 0.0263. The van der Waals surface area contributed by atoms with Gasteiger partial charge in [0.05, 0.1) is 15.7 Å². The quantitative estimate of drug-likeness (QED) is 0.751. The molecule has 2 aliphatic rings. The molecule has 1 fully saturated rings. The number of nitrogens with two attached hydrogens (primary N) is 1. The number of aromatic nitrogens is 2. The summed E-state index contributed by atoms with van der Waals surface area (Å²) in [5.74, 6) is 1.26. The van der Waals surface area contributed by atoms with Crippen LogP contribution in [-0.2, 0) is 17.6 Å². The number of fused-ring (bicyclic) bond motifs is 1. The topological polar surface area (TPSA) is 75.3 Å². The summed E-state index contributed by atoms with van der Waals surface area (Å²) in [5, 5.41) is 0.968. The van der Waals surface area contributed by atoms with Crippen molar-refractivity contribution < 1.29 is 4.79 Å². The maximum atomic E-state index is 12.5. The Hall–Kier alpha value is -2.31. The van der Waals surface area contributed by atoms with Crippen molar-refractivity contribution in [3.05, 3.63) is 51.1 Å². The van der Waals surface area contributed by atoms with Crippen LogP contribution in [-0.4, -0.2) is 47.0 Å². The Morgan fingerprint density at radius 1 is 1.03 bits per heavy atom. The number of halogens is 2. The number of piperazine rings is 1. The van der Waals surface area contributed by atoms with Crippen LogP contribution in [0.15, 0.2) is 24.3 Å². The number of aryl methyl sites for hydroxylation is 1. The lowest BCUT2D eigenvalue weighted by molar-refractivity contribution is -0.126. The highest BCUT2D eigenvalue weighted by atomic mass is 35.5. The summed E-state index contributed by atoms with van der Waals surface area (Å²) in [7, 11) is 0. The number of benzene rings is 1. The highest BCUT2D eigenvalue weighted by Crippen LogP contribution is 2.26. The van der Waals surface area contributed by atoms with Crippen molar-refractivity contribution in [2.75, 3.05) is 36.8 Å². The molecule has 8 heteroatoms. The molecule has 1 saturated heterocycles. The normalized spacial score (nSPS) is 16.9. The molecule has 0 atom stereocenters. The maximum Gasteiger partial charge on any atom is 0.246 e. The predicted molar refractivity (Wildman–Crippen MR) is 117 cm³/mol. The standard InChI is InChI=1S/C21H23Cl2N5O/c22-16-7-5-14(13-17(16)23)6-8-19(29)27-9-11-28(12-10-27)21-25-18-4-2-1-3-15(18)20(24)26-21/h5-8,13H,1-4,9-12H2,(H2,24,25,26). The van der Waals surface area contributed by atoms with Crippen molar-refractivity contribution in [2.45, 2.75) is 25.7 Å². The second kappa shape index (κ2) is 8.59. The average molecular weight is 432 g/mol. The van der Waals surface area contributed by atoms with Gasteiger partial charge in [0.1, 0.15) is 5.82 Å². The van der Waals surface area contributed by atoms with Crippen LogP contribution < -0.4 is 10.6 Å². The van der Waals surface area contributed by atoms with Crippen LogP contribution in [0.4, 0.5) is 11.8 Å². The van der Waals surface area contributed by atoms with Crippen molar-refractivity contribution in [1.29, 1.82) is 0 Å². The molecule has 0 spiro atoms. The molecule has 1 aromatic carbocycles. The molecular formula is C21H23Cl2N5O. The zero-order chi connectivity index (χ0) is 20.4. The van der Waals surface area contributed by atoms with E-state index in [-0.39, 0.29) is 5.91 Å². The van der Waals surface area contributed by atoms with Crippen LogP contribution in [0.25, 0.3) is 6.08 Å². The molecule has 29 heavy (non-hydrogen) atoms. The summed E-state index contributed by atoms with van der Waals surface area (Å²) in [5.41, 5.74) is 9.20. The van der Waals surface area contributed by atoms with E-state index >= 15 is 0 Å². The molecule has 2 N–H and O–H groups in total. The molecule has 2 heterocycles. The SMILES string of the molecule is Nc1nc(N2CCN(C(=O)C=Cc3ccc(Cl)c(Cl)c3)CC2)nc2c1CCCC2. The van der Waals surface area contributed by atoms with Crippen molar-refractivity contribution >= 4 is 47.0 Å². The second-order valence-corrected chi connectivity index (χ2v) is 8.17. The minimum Gasteiger partial charge on any atom is -0.383 e. The van der Waals surface area contributed by atoms with Crippen molar-refractivity contribution in [3.63, 3.8) is 0 Å². The lowest BCUT2D eigenvalue weighted by atomic mass is 9.96. The van der Waals surface area contributed by atoms with E-state index in [0.29, 0.717) is 48.0 Å². The molecule has 1 aromatic heterocycles. The van der Waals surface area contributed by atoms with E-state index in [4.69, 9.17) is 33.9 Å². The van der Waals surface area contributed by atoms with Crippen LogP contribution in [0, 0.1) is 0 Å². The number of amides is 1. The number of nitrogen functional groups attached to an aromatic ring is 1. The molecule has 0 radical (unpaired) electrons. The van der Waals surface area contributed by atoms with Gasteiger partial charge in [-0.3, -0.25) is 4.79 Å². The summed E-state index contributed by atoms with van der Waals surface area (Å²) >= 11 is 11.9. The van der Waals surface area contributed by atoms with Crippen molar-refractivity contribution in [1.82, 2.24) is 14.9 Å². The number of carbonyl (C=O) groups excluding carboxylic acids is 1. The highest BCUT2D eigenvalue weighted by Gasteiger charge is 2.24. The van der Waals surface area contributed by atoms with Gasteiger partial charge < -0.3 is 15.5 Å². The van der Waals surface area contributed by atoms with Crippen LogP contribution in [0.3, 0.4) is 0 Å². The molecule has 0 bridgehead atoms. The fourth-order valence-corrected chi connectivity index (χ4v) is 4.07. The van der Waals surface area contributed by atoms with E-state index in [0.717, 1.165) is 42.5 Å². The Morgan fingerprint density at radius 2 is 1.79 bits per heavy atom. The zero-order valence-electron chi connectivity index (χ0n) is 16.1. The fraction of sp³-hybridized carbons (Fsp3) is 0.381. The average Bonchev–Trinajstić information content (AvgIpc) is 2.74. The first kappa shape index (κ1) is 20.0. The third-order valence-electron chi connectivity index (χ3n) is 5.44. The molecule has 0 saturated carbocycles. The van der Waals surface area contributed by atoms with Crippen LogP contribution >= 0.6 is 23.2 Å². The molecule has 2 aromatic rings. The van der Waals surface area contributed by atoms with Crippen molar-refractivity contribution in [3.8, 4) is 0 Å². The van der Waals surface area contributed by atoms with E-state index < -0.39 is 0 Å². The highest BCUT2D eigenvalue weighted by molar-refractivity contribution is 6.42. The molecule has 1 aliphatic carbocycles. The molecule has 152 valence electrons. The first-order chi connectivity index (χ1) is 14.0. The number of hydrogen-bond donors (Lipinski definition) is 1. The third-order valence-corrected chi connectivity index (χ3v) is 6.18. The van der Waals surface area contributed by atoms with Gasteiger partial charge in [0, 0.05) is 37.8 Å². The first-order valence-corrected chi connectivity index (χ1v) is 10.6. The monoisotopic (exact) mass is 431 g/mol. The van der Waals surface area contributed by atoms with E-state index in [1.54, 1.807) is 24.3 Å². The van der Waals surface area contributed by atoms with Gasteiger partial charge in [-0.05, 0) is 49.5 Å². The van der Waals surface area contributed by atoms with Gasteiger partial charge in [0.15, 0.2) is 0 Å². The lowest BCUT2D eigenvalue weighted by Gasteiger charge is -2.34. The van der Waals surface area contributed by atoms with Gasteiger partial charge in [0.2, 0.25) is 11.9 Å². The Kier molecular flexibility index (Phi) is 5.92. The molecule has 4 rings (SSSR count). The van der Waals surface area contributed by atoms with Crippen LogP contribution in [0.2, 0.25) is 10.0 Å². The van der Waals surface area contributed by atoms with Gasteiger partial charge >= 0.3 is 0 Å². The zero-order valence-corrected chi connectivity index (χ0v) is 17.6. The van der Waals surface area contributed by atoms with Gasteiger partial charge in [-0.15, -0.1) is 0 Å². The number of nitrogens with zero attached hydrogens (tertiary/aromatic N) is 4. The first-order valence-electron chi connectivity index (χ1n) is 9.83. The van der Waals surface area contributed by atoms with Gasteiger partial charge in [0.25, 0.3) is 0 Å². The molecule has 0 unspecified atom stereocenters. The Labute approximate surface area is 180 Å². The largest absolute Gasteiger partial charge is 0.383 e. The summed E-state index contributed by atoms with van der Waals surface area (Å²) in [4.78, 5) is 25.7. The van der Waals surface area contributed by atoms with E-state index in [1.807, 2.05) is 11.0 Å². The van der Waals surface area contributed by atoms with E-state index in [2.05, 4.69) is 9.88 Å². The summed E-state index contributed by atoms with van der Waals surface area (Å²) < 4.78 is 0. The fourth-order valence-electron chi connectivity index (χ4n) is 3.77. The second-order valence-electron chi connectivity index (χ2n) is 7.36. The van der Waals surface area contributed by atoms with Gasteiger partial charge in [-0.1, -0.05) is 29.3 Å². The number of anilines is 2. The predicted octanol–water partition coefficient (Wildman–Crippen LogP) is 3.61. The summed E-state index contributed by atoms with van der Waals surface area (Å²) in [6.45, 7) is 2.60. The Morgan fingerprint density at radius 3 is 2.55 bits per heavy atom. The molecule has 6 nitrogen and oxygen atoms in total. The Balaban J connectivity index is 1.38. The maximum absolute atomic E-state index is 12.5. The smallest absolute Gasteiger partial charge is 0.246 e. The van der Waals surface area contributed by atoms with Gasteiger partial charge in [-0.2, -0.15) is 4.98 Å². The van der Waals surface area contributed by atoms with Gasteiger partial charge in [-0.25, -0.2) is 4.98 Å². The molecule has 1 amide bonds. The molecule has 1 aliphatic heterocycles. The number of carbonyl (C=O) groups is 1.